The maximum Gasteiger partial charge on any atom is 0.243 e. The molecule has 1 heterocycles. The molecule has 0 saturated carbocycles. The van der Waals surface area contributed by atoms with Crippen LogP contribution in [0, 0.1) is 6.92 Å². The second-order valence-corrected chi connectivity index (χ2v) is 4.93. The third-order valence-electron chi connectivity index (χ3n) is 2.65. The third-order valence-corrected chi connectivity index (χ3v) is 2.65. The van der Waals surface area contributed by atoms with Crippen LogP contribution in [-0.2, 0) is 4.79 Å². The average Bonchev–Trinajstić information content (AvgIpc) is 2.83. The SMILES string of the molecule is Cc1ccc(NC(=O)C(C)(C)N)cc1-n1cnnn1. The fourth-order valence-electron chi connectivity index (χ4n) is 1.50. The predicted octanol–water partition coefficient (Wildman–Crippen LogP) is 0.647. The minimum absolute atomic E-state index is 0.251. The Kier molecular flexibility index (Phi) is 3.30. The summed E-state index contributed by atoms with van der Waals surface area (Å²) in [6.45, 7) is 5.24. The molecule has 0 saturated heterocycles. The van der Waals surface area contributed by atoms with E-state index in [0.29, 0.717) is 5.69 Å². The van der Waals surface area contributed by atoms with E-state index in [1.165, 1.54) is 6.33 Å². The second-order valence-electron chi connectivity index (χ2n) is 4.93. The Morgan fingerprint density at radius 1 is 1.42 bits per heavy atom. The van der Waals surface area contributed by atoms with E-state index >= 15 is 0 Å². The van der Waals surface area contributed by atoms with Crippen molar-refractivity contribution in [3.63, 3.8) is 0 Å². The molecule has 7 nitrogen and oxygen atoms in total. The Morgan fingerprint density at radius 2 is 2.16 bits per heavy atom. The van der Waals surface area contributed by atoms with Gasteiger partial charge < -0.3 is 11.1 Å². The first-order chi connectivity index (χ1) is 8.88. The van der Waals surface area contributed by atoms with Crippen LogP contribution in [0.1, 0.15) is 19.4 Å². The molecule has 0 spiro atoms. The van der Waals surface area contributed by atoms with Crippen molar-refractivity contribution in [2.45, 2.75) is 26.3 Å². The van der Waals surface area contributed by atoms with Crippen LogP contribution >= 0.6 is 0 Å². The summed E-state index contributed by atoms with van der Waals surface area (Å²) in [6, 6.07) is 5.50. The number of benzene rings is 1. The number of anilines is 1. The Morgan fingerprint density at radius 3 is 2.74 bits per heavy atom. The topological polar surface area (TPSA) is 98.7 Å². The largest absolute Gasteiger partial charge is 0.324 e. The first kappa shape index (κ1) is 13.2. The zero-order valence-corrected chi connectivity index (χ0v) is 11.1. The lowest BCUT2D eigenvalue weighted by Gasteiger charge is -2.18. The monoisotopic (exact) mass is 260 g/mol. The van der Waals surface area contributed by atoms with Gasteiger partial charge in [0.2, 0.25) is 5.91 Å². The molecule has 0 unspecified atom stereocenters. The number of carbonyl (C=O) groups excluding carboxylic acids is 1. The van der Waals surface area contributed by atoms with Gasteiger partial charge in [0, 0.05) is 5.69 Å². The van der Waals surface area contributed by atoms with Gasteiger partial charge in [-0.25, -0.2) is 4.68 Å². The number of aryl methyl sites for hydroxylation is 1. The Hall–Kier alpha value is -2.28. The summed E-state index contributed by atoms with van der Waals surface area (Å²) in [5, 5.41) is 13.8. The fraction of sp³-hybridized carbons (Fsp3) is 0.333. The van der Waals surface area contributed by atoms with Crippen LogP contribution in [0.15, 0.2) is 24.5 Å². The summed E-state index contributed by atoms with van der Waals surface area (Å²) in [4.78, 5) is 11.8. The smallest absolute Gasteiger partial charge is 0.243 e. The lowest BCUT2D eigenvalue weighted by molar-refractivity contribution is -0.120. The van der Waals surface area contributed by atoms with Gasteiger partial charge in [-0.2, -0.15) is 0 Å². The van der Waals surface area contributed by atoms with Crippen LogP contribution in [0.25, 0.3) is 5.69 Å². The molecule has 1 amide bonds. The van der Waals surface area contributed by atoms with E-state index in [1.807, 2.05) is 19.1 Å². The molecule has 2 aromatic rings. The van der Waals surface area contributed by atoms with E-state index in [2.05, 4.69) is 20.8 Å². The molecular weight excluding hydrogens is 244 g/mol. The van der Waals surface area contributed by atoms with Crippen molar-refractivity contribution in [3.8, 4) is 5.69 Å². The first-order valence-corrected chi connectivity index (χ1v) is 5.82. The van der Waals surface area contributed by atoms with Crippen molar-refractivity contribution >= 4 is 11.6 Å². The van der Waals surface area contributed by atoms with Crippen molar-refractivity contribution < 1.29 is 4.79 Å². The van der Waals surface area contributed by atoms with Crippen LogP contribution in [0.4, 0.5) is 5.69 Å². The molecule has 3 N–H and O–H groups in total. The summed E-state index contributed by atoms with van der Waals surface area (Å²) < 4.78 is 1.54. The van der Waals surface area contributed by atoms with Gasteiger partial charge in [-0.1, -0.05) is 6.07 Å². The second kappa shape index (κ2) is 4.77. The van der Waals surface area contributed by atoms with Crippen LogP contribution in [0.3, 0.4) is 0 Å². The van der Waals surface area contributed by atoms with Gasteiger partial charge in [0.1, 0.15) is 6.33 Å². The molecule has 0 radical (unpaired) electrons. The standard InChI is InChI=1S/C12H16N6O/c1-8-4-5-9(15-11(19)12(2,3)13)6-10(8)18-7-14-16-17-18/h4-7H,13H2,1-3H3,(H,15,19). The minimum Gasteiger partial charge on any atom is -0.324 e. The lowest BCUT2D eigenvalue weighted by Crippen LogP contribution is -2.45. The molecule has 1 aromatic heterocycles. The molecule has 0 aliphatic carbocycles. The zero-order valence-electron chi connectivity index (χ0n) is 11.1. The molecule has 19 heavy (non-hydrogen) atoms. The average molecular weight is 260 g/mol. The van der Waals surface area contributed by atoms with Crippen molar-refractivity contribution in [1.82, 2.24) is 20.2 Å². The predicted molar refractivity (Wildman–Crippen MR) is 70.8 cm³/mol. The van der Waals surface area contributed by atoms with Gasteiger partial charge in [-0.3, -0.25) is 4.79 Å². The first-order valence-electron chi connectivity index (χ1n) is 5.82. The molecule has 0 aliphatic heterocycles. The van der Waals surface area contributed by atoms with Gasteiger partial charge in [-0.05, 0) is 48.9 Å². The molecule has 2 rings (SSSR count). The molecule has 0 fully saturated rings. The highest BCUT2D eigenvalue weighted by Crippen LogP contribution is 2.19. The maximum absolute atomic E-state index is 11.8. The number of hydrogen-bond donors (Lipinski definition) is 2. The summed E-state index contributed by atoms with van der Waals surface area (Å²) in [5.41, 5.74) is 7.26. The molecule has 0 bridgehead atoms. The van der Waals surface area contributed by atoms with Crippen LogP contribution in [-0.4, -0.2) is 31.7 Å². The van der Waals surface area contributed by atoms with E-state index in [1.54, 1.807) is 24.6 Å². The van der Waals surface area contributed by atoms with Gasteiger partial charge >= 0.3 is 0 Å². The number of amides is 1. The fourth-order valence-corrected chi connectivity index (χ4v) is 1.50. The highest BCUT2D eigenvalue weighted by molar-refractivity contribution is 5.97. The number of aromatic nitrogens is 4. The van der Waals surface area contributed by atoms with Crippen molar-refractivity contribution in [1.29, 1.82) is 0 Å². The number of carbonyl (C=O) groups is 1. The molecular formula is C12H16N6O. The number of nitrogens with one attached hydrogen (secondary N) is 1. The quantitative estimate of drug-likeness (QED) is 0.844. The van der Waals surface area contributed by atoms with Crippen molar-refractivity contribution in [2.24, 2.45) is 5.73 Å². The normalized spacial score (nSPS) is 11.4. The van der Waals surface area contributed by atoms with Gasteiger partial charge in [0.05, 0.1) is 11.2 Å². The summed E-state index contributed by atoms with van der Waals surface area (Å²) in [7, 11) is 0. The van der Waals surface area contributed by atoms with Crippen LogP contribution in [0.2, 0.25) is 0 Å². The van der Waals surface area contributed by atoms with Gasteiger partial charge in [0.25, 0.3) is 0 Å². The van der Waals surface area contributed by atoms with Gasteiger partial charge in [-0.15, -0.1) is 5.10 Å². The van der Waals surface area contributed by atoms with E-state index in [9.17, 15) is 4.79 Å². The van der Waals surface area contributed by atoms with E-state index in [-0.39, 0.29) is 5.91 Å². The Bertz CT molecular complexity index is 585. The summed E-state index contributed by atoms with van der Waals surface area (Å²) in [6.07, 6.45) is 1.50. The van der Waals surface area contributed by atoms with E-state index in [4.69, 9.17) is 5.73 Å². The summed E-state index contributed by atoms with van der Waals surface area (Å²) >= 11 is 0. The third kappa shape index (κ3) is 2.94. The number of nitrogens with two attached hydrogens (primary N) is 1. The van der Waals surface area contributed by atoms with Gasteiger partial charge in [0.15, 0.2) is 0 Å². The molecule has 0 atom stereocenters. The highest BCUT2D eigenvalue weighted by atomic mass is 16.2. The van der Waals surface area contributed by atoms with Crippen LogP contribution in [0.5, 0.6) is 0 Å². The Labute approximate surface area is 110 Å². The number of hydrogen-bond acceptors (Lipinski definition) is 5. The number of tetrazole rings is 1. The van der Waals surface area contributed by atoms with Crippen molar-refractivity contribution in [2.75, 3.05) is 5.32 Å². The molecule has 7 heteroatoms. The Balaban J connectivity index is 2.30. The highest BCUT2D eigenvalue weighted by Gasteiger charge is 2.22. The zero-order chi connectivity index (χ0) is 14.0. The molecule has 0 aliphatic rings. The summed E-state index contributed by atoms with van der Waals surface area (Å²) in [5.74, 6) is -0.251. The number of nitrogens with zero attached hydrogens (tertiary/aromatic N) is 4. The maximum atomic E-state index is 11.8. The number of rotatable bonds is 3. The van der Waals surface area contributed by atoms with E-state index in [0.717, 1.165) is 11.3 Å². The van der Waals surface area contributed by atoms with Crippen molar-refractivity contribution in [3.05, 3.63) is 30.1 Å². The van der Waals surface area contributed by atoms with E-state index < -0.39 is 5.54 Å². The lowest BCUT2D eigenvalue weighted by atomic mass is 10.1. The molecule has 1 aromatic carbocycles. The van der Waals surface area contributed by atoms with Crippen LogP contribution < -0.4 is 11.1 Å². The minimum atomic E-state index is -0.931. The molecule has 100 valence electrons.